The van der Waals surface area contributed by atoms with Crippen LogP contribution in [0.3, 0.4) is 0 Å². The van der Waals surface area contributed by atoms with Crippen LogP contribution in [0.1, 0.15) is 54.9 Å². The number of hydrogen-bond donors (Lipinski definition) is 0. The average Bonchev–Trinajstić information content (AvgIpc) is 2.56. The molecule has 0 spiro atoms. The molecule has 0 aliphatic heterocycles. The van der Waals surface area contributed by atoms with Gasteiger partial charge in [0, 0.05) is 28.9 Å². The highest BCUT2D eigenvalue weighted by molar-refractivity contribution is 6.01. The molecule has 130 valence electrons. The van der Waals surface area contributed by atoms with E-state index in [1.54, 1.807) is 0 Å². The van der Waals surface area contributed by atoms with Gasteiger partial charge in [-0.15, -0.1) is 0 Å². The second kappa shape index (κ2) is 7.48. The molecule has 1 aromatic carbocycles. The van der Waals surface area contributed by atoms with Gasteiger partial charge in [-0.3, -0.25) is 9.78 Å². The molecule has 0 radical (unpaired) electrons. The molecule has 1 amide bonds. The predicted octanol–water partition coefficient (Wildman–Crippen LogP) is 4.50. The number of nitriles is 1. The molecule has 0 saturated carbocycles. The summed E-state index contributed by atoms with van der Waals surface area (Å²) in [4.78, 5) is 19.7. The third-order valence-corrected chi connectivity index (χ3v) is 4.35. The van der Waals surface area contributed by atoms with Crippen LogP contribution in [-0.2, 0) is 0 Å². The van der Waals surface area contributed by atoms with Gasteiger partial charge in [-0.2, -0.15) is 5.26 Å². The first kappa shape index (κ1) is 18.7. The monoisotopic (exact) mass is 335 g/mol. The molecule has 1 heterocycles. The van der Waals surface area contributed by atoms with Crippen LogP contribution in [-0.4, -0.2) is 27.9 Å². The molecule has 0 aliphatic carbocycles. The smallest absolute Gasteiger partial charge is 0.255 e. The highest BCUT2D eigenvalue weighted by Crippen LogP contribution is 2.28. The van der Waals surface area contributed by atoms with Gasteiger partial charge in [0.1, 0.15) is 6.07 Å². The first-order valence-electron chi connectivity index (χ1n) is 8.58. The predicted molar refractivity (Wildman–Crippen MR) is 100 cm³/mol. The Kier molecular flexibility index (Phi) is 5.58. The first-order valence-corrected chi connectivity index (χ1v) is 8.58. The topological polar surface area (TPSA) is 57.0 Å². The molecule has 0 fully saturated rings. The summed E-state index contributed by atoms with van der Waals surface area (Å²) in [5.74, 6) is -0.0375. The van der Waals surface area contributed by atoms with Gasteiger partial charge in [-0.1, -0.05) is 18.2 Å². The molecule has 25 heavy (non-hydrogen) atoms. The van der Waals surface area contributed by atoms with Gasteiger partial charge in [0.2, 0.25) is 0 Å². The molecule has 2 aromatic rings. The Morgan fingerprint density at radius 3 is 2.28 bits per heavy atom. The Balaban J connectivity index is 2.66. The lowest BCUT2D eigenvalue weighted by atomic mass is 9.97. The third kappa shape index (κ3) is 3.71. The highest BCUT2D eigenvalue weighted by atomic mass is 16.2. The minimum absolute atomic E-state index is 0.0375. The lowest BCUT2D eigenvalue weighted by molar-refractivity contribution is 0.0644. The van der Waals surface area contributed by atoms with Gasteiger partial charge in [0.05, 0.1) is 11.3 Å². The molecular formula is C21H25N3O. The van der Waals surface area contributed by atoms with Crippen LogP contribution in [0.2, 0.25) is 0 Å². The summed E-state index contributed by atoms with van der Waals surface area (Å²) < 4.78 is 0. The normalized spacial score (nSPS) is 10.8. The number of carbonyl (C=O) groups is 1. The molecular weight excluding hydrogens is 310 g/mol. The lowest BCUT2D eigenvalue weighted by Crippen LogP contribution is -2.42. The fraction of sp³-hybridized carbons (Fsp3) is 0.381. The van der Waals surface area contributed by atoms with Crippen molar-refractivity contribution in [1.82, 2.24) is 9.88 Å². The van der Waals surface area contributed by atoms with Crippen molar-refractivity contribution in [1.29, 1.82) is 5.26 Å². The largest absolute Gasteiger partial charge is 0.334 e. The maximum absolute atomic E-state index is 13.2. The van der Waals surface area contributed by atoms with E-state index in [-0.39, 0.29) is 18.0 Å². The quantitative estimate of drug-likeness (QED) is 0.827. The van der Waals surface area contributed by atoms with Gasteiger partial charge in [0.25, 0.3) is 5.91 Å². The summed E-state index contributed by atoms with van der Waals surface area (Å²) in [5.41, 5.74) is 4.18. The molecule has 0 saturated heterocycles. The van der Waals surface area contributed by atoms with E-state index in [4.69, 9.17) is 0 Å². The van der Waals surface area contributed by atoms with Crippen molar-refractivity contribution in [2.24, 2.45) is 0 Å². The van der Waals surface area contributed by atoms with Crippen LogP contribution in [0, 0.1) is 25.2 Å². The van der Waals surface area contributed by atoms with Gasteiger partial charge >= 0.3 is 0 Å². The Bertz CT molecular complexity index is 824. The lowest BCUT2D eigenvalue weighted by Gasteiger charge is -2.31. The Morgan fingerprint density at radius 2 is 1.72 bits per heavy atom. The zero-order valence-electron chi connectivity index (χ0n) is 15.8. The molecule has 1 aromatic heterocycles. The van der Waals surface area contributed by atoms with E-state index >= 15 is 0 Å². The second-order valence-corrected chi connectivity index (χ2v) is 6.84. The zero-order chi connectivity index (χ0) is 18.7. The SMILES string of the molecule is Cc1cc(C#N)c(-c2ccccc2C(=O)N(C(C)C)C(C)C)nc1C. The van der Waals surface area contributed by atoms with Crippen molar-refractivity contribution in [3.63, 3.8) is 0 Å². The Labute approximate surface area is 150 Å². The standard InChI is InChI=1S/C21H25N3O/c1-13(2)24(14(3)4)21(25)19-10-8-7-9-18(19)20-17(12-22)11-15(5)16(6)23-20/h7-11,13-14H,1-6H3. The van der Waals surface area contributed by atoms with Crippen LogP contribution >= 0.6 is 0 Å². The molecule has 0 bridgehead atoms. The van der Waals surface area contributed by atoms with Crippen molar-refractivity contribution in [3.05, 3.63) is 52.7 Å². The molecule has 0 unspecified atom stereocenters. The van der Waals surface area contributed by atoms with Crippen molar-refractivity contribution in [2.45, 2.75) is 53.6 Å². The maximum atomic E-state index is 13.2. The number of rotatable bonds is 4. The number of nitrogens with zero attached hydrogens (tertiary/aromatic N) is 3. The Hall–Kier alpha value is -2.67. The zero-order valence-corrected chi connectivity index (χ0v) is 15.8. The van der Waals surface area contributed by atoms with E-state index in [1.165, 1.54) is 0 Å². The first-order chi connectivity index (χ1) is 11.8. The molecule has 2 rings (SSSR count). The second-order valence-electron chi connectivity index (χ2n) is 6.84. The average molecular weight is 335 g/mol. The van der Waals surface area contributed by atoms with Crippen LogP contribution in [0.25, 0.3) is 11.3 Å². The summed E-state index contributed by atoms with van der Waals surface area (Å²) >= 11 is 0. The van der Waals surface area contributed by atoms with Crippen molar-refractivity contribution in [2.75, 3.05) is 0 Å². The van der Waals surface area contributed by atoms with Crippen LogP contribution in [0.4, 0.5) is 0 Å². The van der Waals surface area contributed by atoms with Crippen molar-refractivity contribution < 1.29 is 4.79 Å². The number of benzene rings is 1. The summed E-state index contributed by atoms with van der Waals surface area (Å²) in [6.07, 6.45) is 0. The summed E-state index contributed by atoms with van der Waals surface area (Å²) in [5, 5.41) is 9.52. The fourth-order valence-electron chi connectivity index (χ4n) is 3.08. The third-order valence-electron chi connectivity index (χ3n) is 4.35. The van der Waals surface area contributed by atoms with E-state index in [2.05, 4.69) is 11.1 Å². The molecule has 4 heteroatoms. The fourth-order valence-corrected chi connectivity index (χ4v) is 3.08. The van der Waals surface area contributed by atoms with Crippen molar-refractivity contribution in [3.8, 4) is 17.3 Å². The number of amides is 1. The van der Waals surface area contributed by atoms with Gasteiger partial charge in [-0.25, -0.2) is 0 Å². The van der Waals surface area contributed by atoms with Gasteiger partial charge in [-0.05, 0) is 59.2 Å². The van der Waals surface area contributed by atoms with E-state index in [0.717, 1.165) is 11.3 Å². The minimum Gasteiger partial charge on any atom is -0.334 e. The highest BCUT2D eigenvalue weighted by Gasteiger charge is 2.25. The number of pyridine rings is 1. The van der Waals surface area contributed by atoms with Crippen LogP contribution in [0.5, 0.6) is 0 Å². The van der Waals surface area contributed by atoms with Gasteiger partial charge in [0.15, 0.2) is 0 Å². The number of aryl methyl sites for hydroxylation is 2. The van der Waals surface area contributed by atoms with E-state index in [0.29, 0.717) is 22.4 Å². The maximum Gasteiger partial charge on any atom is 0.255 e. The summed E-state index contributed by atoms with van der Waals surface area (Å²) in [6, 6.07) is 11.6. The molecule has 0 N–H and O–H groups in total. The van der Waals surface area contributed by atoms with E-state index in [9.17, 15) is 10.1 Å². The number of hydrogen-bond acceptors (Lipinski definition) is 3. The van der Waals surface area contributed by atoms with Crippen molar-refractivity contribution >= 4 is 5.91 Å². The number of carbonyl (C=O) groups excluding carboxylic acids is 1. The summed E-state index contributed by atoms with van der Waals surface area (Å²) in [7, 11) is 0. The molecule has 4 nitrogen and oxygen atoms in total. The van der Waals surface area contributed by atoms with Crippen LogP contribution < -0.4 is 0 Å². The van der Waals surface area contributed by atoms with Crippen LogP contribution in [0.15, 0.2) is 30.3 Å². The Morgan fingerprint density at radius 1 is 1.12 bits per heavy atom. The minimum atomic E-state index is -0.0375. The van der Waals surface area contributed by atoms with E-state index in [1.807, 2.05) is 76.8 Å². The van der Waals surface area contributed by atoms with Gasteiger partial charge < -0.3 is 4.90 Å². The number of aromatic nitrogens is 1. The van der Waals surface area contributed by atoms with E-state index < -0.39 is 0 Å². The summed E-state index contributed by atoms with van der Waals surface area (Å²) in [6.45, 7) is 11.9. The molecule has 0 atom stereocenters. The molecule has 0 aliphatic rings.